The van der Waals surface area contributed by atoms with Gasteiger partial charge >= 0.3 is 0 Å². The van der Waals surface area contributed by atoms with Gasteiger partial charge in [0.05, 0.1) is 37.4 Å². The highest BCUT2D eigenvalue weighted by Crippen LogP contribution is 2.33. The Morgan fingerprint density at radius 3 is 2.41 bits per heavy atom. The molecule has 5 heteroatoms. The molecule has 1 heterocycles. The third-order valence-electron chi connectivity index (χ3n) is 4.73. The Morgan fingerprint density at radius 1 is 1.04 bits per heavy atom. The molecule has 3 rings (SSSR count). The monoisotopic (exact) mass is 382 g/mol. The van der Waals surface area contributed by atoms with Crippen molar-refractivity contribution in [3.05, 3.63) is 58.1 Å². The van der Waals surface area contributed by atoms with Crippen molar-refractivity contribution in [3.8, 4) is 0 Å². The summed E-state index contributed by atoms with van der Waals surface area (Å²) in [6, 6.07) is 10.3. The smallest absolute Gasteiger partial charge is 0.260 e. The molecule has 0 atom stereocenters. The van der Waals surface area contributed by atoms with Gasteiger partial charge in [0.25, 0.3) is 5.91 Å². The van der Waals surface area contributed by atoms with Gasteiger partial charge in [-0.3, -0.25) is 9.69 Å². The lowest BCUT2D eigenvalue weighted by molar-refractivity contribution is -0.856. The van der Waals surface area contributed by atoms with Gasteiger partial charge in [-0.05, 0) is 56.5 Å². The number of fused-ring (bicyclic) bond motifs is 1. The summed E-state index contributed by atoms with van der Waals surface area (Å²) in [5.74, 6) is 0.0298. The van der Waals surface area contributed by atoms with E-state index in [1.165, 1.54) is 21.6 Å². The zero-order chi connectivity index (χ0) is 19.7. The number of anilines is 1. The molecule has 0 unspecified atom stereocenters. The lowest BCUT2D eigenvalue weighted by Gasteiger charge is -2.21. The number of likely N-dealkylation sites (N-methyl/N-ethyl adjacent to an activating group) is 1. The highest BCUT2D eigenvalue weighted by Gasteiger charge is 2.23. The number of amides is 1. The maximum absolute atomic E-state index is 13.4. The van der Waals surface area contributed by atoms with Gasteiger partial charge in [0.2, 0.25) is 0 Å². The minimum Gasteiger partial charge on any atom is -0.338 e. The van der Waals surface area contributed by atoms with Crippen molar-refractivity contribution < 1.29 is 9.69 Å². The summed E-state index contributed by atoms with van der Waals surface area (Å²) in [6.45, 7) is 9.75. The van der Waals surface area contributed by atoms with Crippen molar-refractivity contribution in [1.29, 1.82) is 0 Å². The molecule has 0 bridgehead atoms. The normalized spacial score (nSPS) is 11.4. The van der Waals surface area contributed by atoms with E-state index < -0.39 is 0 Å². The number of nitrogens with one attached hydrogen (secondary N) is 1. The van der Waals surface area contributed by atoms with Crippen LogP contribution in [0, 0.1) is 27.7 Å². The number of carbonyl (C=O) groups excluding carboxylic acids is 1. The van der Waals surface area contributed by atoms with Crippen molar-refractivity contribution in [3.63, 3.8) is 0 Å². The van der Waals surface area contributed by atoms with Crippen LogP contribution in [-0.2, 0) is 0 Å². The summed E-state index contributed by atoms with van der Waals surface area (Å²) in [4.78, 5) is 21.4. The van der Waals surface area contributed by atoms with Gasteiger partial charge in [-0.25, -0.2) is 4.98 Å². The standard InChI is InChI=1S/C22H27N3OS/c1-14-7-8-18(16(3)11-14)21(26)25(10-9-24(5)6)22-23-19-13-15(2)12-17(4)20(19)27-22/h7-8,11-13H,9-10H2,1-6H3/p+1. The number of rotatable bonds is 5. The van der Waals surface area contributed by atoms with E-state index in [0.29, 0.717) is 6.54 Å². The minimum absolute atomic E-state index is 0.0298. The molecule has 0 radical (unpaired) electrons. The van der Waals surface area contributed by atoms with Crippen LogP contribution in [0.15, 0.2) is 30.3 Å². The number of hydrogen-bond donors (Lipinski definition) is 1. The first-order chi connectivity index (χ1) is 12.8. The van der Waals surface area contributed by atoms with Gasteiger partial charge < -0.3 is 4.90 Å². The molecule has 27 heavy (non-hydrogen) atoms. The zero-order valence-corrected chi connectivity index (χ0v) is 17.8. The van der Waals surface area contributed by atoms with Crippen LogP contribution in [0.4, 0.5) is 5.13 Å². The Kier molecular flexibility index (Phi) is 5.63. The second-order valence-electron chi connectivity index (χ2n) is 7.66. The average Bonchev–Trinajstić information content (AvgIpc) is 2.98. The zero-order valence-electron chi connectivity index (χ0n) is 17.0. The van der Waals surface area contributed by atoms with E-state index in [1.54, 1.807) is 11.3 Å². The number of aryl methyl sites for hydroxylation is 4. The molecule has 1 aromatic heterocycles. The number of nitrogens with zero attached hydrogens (tertiary/aromatic N) is 2. The van der Waals surface area contributed by atoms with Crippen LogP contribution in [0.2, 0.25) is 0 Å². The van der Waals surface area contributed by atoms with Gasteiger partial charge in [-0.15, -0.1) is 0 Å². The Labute approximate surface area is 165 Å². The van der Waals surface area contributed by atoms with Gasteiger partial charge in [0.1, 0.15) is 0 Å². The number of hydrogen-bond acceptors (Lipinski definition) is 3. The van der Waals surface area contributed by atoms with Crippen LogP contribution >= 0.6 is 11.3 Å². The largest absolute Gasteiger partial charge is 0.338 e. The molecule has 0 aliphatic heterocycles. The van der Waals surface area contributed by atoms with E-state index in [9.17, 15) is 4.79 Å². The fourth-order valence-corrected chi connectivity index (χ4v) is 4.34. The van der Waals surface area contributed by atoms with Crippen molar-refractivity contribution >= 4 is 32.6 Å². The van der Waals surface area contributed by atoms with E-state index in [1.807, 2.05) is 30.9 Å². The predicted molar refractivity (Wildman–Crippen MR) is 114 cm³/mol. The second-order valence-corrected chi connectivity index (χ2v) is 8.64. The van der Waals surface area contributed by atoms with Crippen LogP contribution in [0.3, 0.4) is 0 Å². The molecular weight excluding hydrogens is 354 g/mol. The number of aromatic nitrogens is 1. The molecule has 0 aliphatic rings. The molecule has 4 nitrogen and oxygen atoms in total. The maximum atomic E-state index is 13.4. The van der Waals surface area contributed by atoms with Gasteiger partial charge in [0.15, 0.2) is 5.13 Å². The summed E-state index contributed by atoms with van der Waals surface area (Å²) in [5.41, 5.74) is 6.31. The van der Waals surface area contributed by atoms with E-state index in [2.05, 4.69) is 46.1 Å². The first kappa shape index (κ1) is 19.5. The van der Waals surface area contributed by atoms with Gasteiger partial charge in [0, 0.05) is 5.56 Å². The SMILES string of the molecule is Cc1ccc(C(=O)N(CC[NH+](C)C)c2nc3cc(C)cc(C)c3s2)c(C)c1. The maximum Gasteiger partial charge on any atom is 0.260 e. The van der Waals surface area contributed by atoms with E-state index in [4.69, 9.17) is 4.98 Å². The van der Waals surface area contributed by atoms with Crippen LogP contribution in [-0.4, -0.2) is 38.1 Å². The minimum atomic E-state index is 0.0298. The summed E-state index contributed by atoms with van der Waals surface area (Å²) >= 11 is 1.61. The molecule has 0 saturated carbocycles. The average molecular weight is 383 g/mol. The van der Waals surface area contributed by atoms with Crippen molar-refractivity contribution in [2.45, 2.75) is 27.7 Å². The van der Waals surface area contributed by atoms with E-state index in [-0.39, 0.29) is 5.91 Å². The first-order valence-corrected chi connectivity index (χ1v) is 10.1. The molecule has 1 N–H and O–H groups in total. The molecular formula is C22H28N3OS+. The van der Waals surface area contributed by atoms with Crippen molar-refractivity contribution in [2.75, 3.05) is 32.1 Å². The Hall–Kier alpha value is -2.24. The second kappa shape index (κ2) is 7.79. The van der Waals surface area contributed by atoms with Gasteiger partial charge in [-0.2, -0.15) is 0 Å². The molecule has 1 amide bonds. The summed E-state index contributed by atoms with van der Waals surface area (Å²) in [7, 11) is 4.21. The molecule has 142 valence electrons. The molecule has 0 spiro atoms. The van der Waals surface area contributed by atoms with Gasteiger partial charge in [-0.1, -0.05) is 35.1 Å². The Morgan fingerprint density at radius 2 is 1.74 bits per heavy atom. The fourth-order valence-electron chi connectivity index (χ4n) is 3.30. The number of thiazole rings is 1. The summed E-state index contributed by atoms with van der Waals surface area (Å²) in [6.07, 6.45) is 0. The summed E-state index contributed by atoms with van der Waals surface area (Å²) < 4.78 is 1.16. The van der Waals surface area contributed by atoms with Crippen molar-refractivity contribution in [2.24, 2.45) is 0 Å². The van der Waals surface area contributed by atoms with E-state index >= 15 is 0 Å². The summed E-state index contributed by atoms with van der Waals surface area (Å²) in [5, 5.41) is 0.782. The van der Waals surface area contributed by atoms with E-state index in [0.717, 1.165) is 33.0 Å². The number of benzene rings is 2. The lowest BCUT2D eigenvalue weighted by Crippen LogP contribution is -3.06. The third kappa shape index (κ3) is 4.20. The Bertz CT molecular complexity index is 991. The lowest BCUT2D eigenvalue weighted by atomic mass is 10.0. The topological polar surface area (TPSA) is 37.6 Å². The van der Waals surface area contributed by atoms with Crippen LogP contribution in [0.1, 0.15) is 32.6 Å². The number of carbonyl (C=O) groups is 1. The highest BCUT2D eigenvalue weighted by molar-refractivity contribution is 7.22. The van der Waals surface area contributed by atoms with Crippen molar-refractivity contribution in [1.82, 2.24) is 4.98 Å². The molecule has 0 saturated heterocycles. The molecule has 0 aliphatic carbocycles. The van der Waals surface area contributed by atoms with Crippen LogP contribution in [0.5, 0.6) is 0 Å². The molecule has 3 aromatic rings. The van der Waals surface area contributed by atoms with Crippen LogP contribution in [0.25, 0.3) is 10.2 Å². The Balaban J connectivity index is 2.05. The van der Waals surface area contributed by atoms with Crippen LogP contribution < -0.4 is 9.80 Å². The molecule has 2 aromatic carbocycles. The molecule has 0 fully saturated rings. The quantitative estimate of drug-likeness (QED) is 0.735. The first-order valence-electron chi connectivity index (χ1n) is 9.32. The third-order valence-corrected chi connectivity index (χ3v) is 5.96. The fraction of sp³-hybridized carbons (Fsp3) is 0.364. The predicted octanol–water partition coefficient (Wildman–Crippen LogP) is 3.32. The number of quaternary nitrogens is 1. The highest BCUT2D eigenvalue weighted by atomic mass is 32.1.